The van der Waals surface area contributed by atoms with Crippen LogP contribution in [0.15, 0.2) is 42.5 Å². The molecule has 0 atom stereocenters. The van der Waals surface area contributed by atoms with Crippen molar-refractivity contribution in [1.29, 1.82) is 0 Å². The second kappa shape index (κ2) is 11.6. The van der Waals surface area contributed by atoms with Crippen molar-refractivity contribution in [2.75, 3.05) is 25.0 Å². The Balaban J connectivity index is 1.88. The normalized spacial score (nSPS) is 10.4. The van der Waals surface area contributed by atoms with Crippen LogP contribution in [0.5, 0.6) is 0 Å². The molecule has 0 unspecified atom stereocenters. The lowest BCUT2D eigenvalue weighted by molar-refractivity contribution is -0.151. The third-order valence-electron chi connectivity index (χ3n) is 4.29. The molecule has 2 amide bonds. The van der Waals surface area contributed by atoms with Crippen molar-refractivity contribution in [3.63, 3.8) is 0 Å². The number of amides is 2. The summed E-state index contributed by atoms with van der Waals surface area (Å²) < 4.78 is 5.09. The number of para-hydroxylation sites is 1. The average Bonchev–Trinajstić information content (AvgIpc) is 2.70. The number of carbonyl (C=O) groups is 3. The monoisotopic (exact) mass is 450 g/mol. The summed E-state index contributed by atoms with van der Waals surface area (Å²) in [6, 6.07) is 12.2. The molecule has 0 fully saturated rings. The molecule has 2 aromatic carbocycles. The number of halogens is 2. The number of ether oxygens (including phenoxy) is 1. The van der Waals surface area contributed by atoms with Crippen molar-refractivity contribution in [2.45, 2.75) is 26.7 Å². The Bertz CT molecular complexity index is 918. The molecule has 0 saturated heterocycles. The number of nitrogens with one attached hydrogen (secondary N) is 1. The molecule has 0 bridgehead atoms. The van der Waals surface area contributed by atoms with E-state index in [9.17, 15) is 14.4 Å². The van der Waals surface area contributed by atoms with Gasteiger partial charge >= 0.3 is 5.97 Å². The van der Waals surface area contributed by atoms with Gasteiger partial charge in [0.05, 0.1) is 23.0 Å². The van der Waals surface area contributed by atoms with E-state index in [0.29, 0.717) is 34.3 Å². The van der Waals surface area contributed by atoms with Crippen LogP contribution in [-0.4, -0.2) is 42.4 Å². The van der Waals surface area contributed by atoms with Crippen molar-refractivity contribution < 1.29 is 19.1 Å². The highest BCUT2D eigenvalue weighted by Crippen LogP contribution is 2.22. The van der Waals surface area contributed by atoms with E-state index in [1.54, 1.807) is 24.3 Å². The number of esters is 1. The lowest BCUT2D eigenvalue weighted by Crippen LogP contribution is -2.41. The van der Waals surface area contributed by atoms with Gasteiger partial charge in [0.15, 0.2) is 6.61 Å². The van der Waals surface area contributed by atoms with Gasteiger partial charge in [-0.1, -0.05) is 54.4 Å². The van der Waals surface area contributed by atoms with Crippen LogP contribution in [0, 0.1) is 6.92 Å². The molecule has 0 spiro atoms. The quantitative estimate of drug-likeness (QED) is 0.578. The Labute approximate surface area is 186 Å². The minimum absolute atomic E-state index is 0.0360. The molecule has 6 nitrogen and oxygen atoms in total. The molecule has 160 valence electrons. The largest absolute Gasteiger partial charge is 0.455 e. The van der Waals surface area contributed by atoms with Gasteiger partial charge in [-0.25, -0.2) is 0 Å². The van der Waals surface area contributed by atoms with Gasteiger partial charge in [0.2, 0.25) is 5.91 Å². The second-order valence-electron chi connectivity index (χ2n) is 6.76. The number of anilines is 1. The first-order valence-electron chi connectivity index (χ1n) is 9.53. The minimum atomic E-state index is -0.567. The Hall–Kier alpha value is -2.57. The average molecular weight is 451 g/mol. The van der Waals surface area contributed by atoms with Crippen molar-refractivity contribution in [2.24, 2.45) is 0 Å². The van der Waals surface area contributed by atoms with Crippen LogP contribution in [0.2, 0.25) is 10.0 Å². The summed E-state index contributed by atoms with van der Waals surface area (Å²) in [6.07, 6.45) is 0.631. The maximum Gasteiger partial charge on any atom is 0.310 e. The third kappa shape index (κ3) is 7.35. The van der Waals surface area contributed by atoms with Crippen molar-refractivity contribution in [3.05, 3.63) is 63.6 Å². The van der Waals surface area contributed by atoms with E-state index in [2.05, 4.69) is 5.32 Å². The fraction of sp³-hybridized carbons (Fsp3) is 0.318. The number of hydrogen-bond donors (Lipinski definition) is 1. The Morgan fingerprint density at radius 1 is 1.07 bits per heavy atom. The van der Waals surface area contributed by atoms with E-state index in [1.807, 2.05) is 32.0 Å². The smallest absolute Gasteiger partial charge is 0.310 e. The zero-order valence-corrected chi connectivity index (χ0v) is 18.4. The van der Waals surface area contributed by atoms with E-state index in [4.69, 9.17) is 27.9 Å². The maximum absolute atomic E-state index is 12.5. The molecular formula is C22H24Cl2N2O4. The molecule has 0 radical (unpaired) electrons. The summed E-state index contributed by atoms with van der Waals surface area (Å²) in [6.45, 7) is 3.61. The van der Waals surface area contributed by atoms with Crippen LogP contribution >= 0.6 is 23.2 Å². The van der Waals surface area contributed by atoms with Crippen molar-refractivity contribution in [1.82, 2.24) is 4.90 Å². The highest BCUT2D eigenvalue weighted by Gasteiger charge is 2.19. The van der Waals surface area contributed by atoms with Crippen LogP contribution in [0.3, 0.4) is 0 Å². The van der Waals surface area contributed by atoms with Crippen LogP contribution < -0.4 is 5.32 Å². The van der Waals surface area contributed by atoms with Gasteiger partial charge in [-0.05, 0) is 42.7 Å². The first kappa shape index (κ1) is 23.7. The topological polar surface area (TPSA) is 75.7 Å². The number of nitrogens with zero attached hydrogens (tertiary/aromatic N) is 1. The molecule has 0 aromatic heterocycles. The lowest BCUT2D eigenvalue weighted by Gasteiger charge is -2.21. The minimum Gasteiger partial charge on any atom is -0.455 e. The molecule has 2 aromatic rings. The highest BCUT2D eigenvalue weighted by molar-refractivity contribution is 6.42. The highest BCUT2D eigenvalue weighted by atomic mass is 35.5. The van der Waals surface area contributed by atoms with Gasteiger partial charge in [0.25, 0.3) is 5.91 Å². The van der Waals surface area contributed by atoms with Crippen molar-refractivity contribution in [3.8, 4) is 0 Å². The Morgan fingerprint density at radius 2 is 1.80 bits per heavy atom. The molecule has 1 N–H and O–H groups in total. The zero-order valence-electron chi connectivity index (χ0n) is 16.9. The number of carbonyl (C=O) groups excluding carboxylic acids is 3. The maximum atomic E-state index is 12.5. The van der Waals surface area contributed by atoms with Crippen LogP contribution in [0.25, 0.3) is 0 Å². The van der Waals surface area contributed by atoms with E-state index in [0.717, 1.165) is 5.56 Å². The van der Waals surface area contributed by atoms with Gasteiger partial charge < -0.3 is 15.0 Å². The molecule has 0 aliphatic heterocycles. The van der Waals surface area contributed by atoms with E-state index >= 15 is 0 Å². The van der Waals surface area contributed by atoms with Gasteiger partial charge in [0.1, 0.15) is 0 Å². The number of hydrogen-bond acceptors (Lipinski definition) is 4. The summed E-state index contributed by atoms with van der Waals surface area (Å²) in [5.74, 6) is -1.31. The van der Waals surface area contributed by atoms with E-state index in [-0.39, 0.29) is 18.9 Å². The fourth-order valence-electron chi connectivity index (χ4n) is 2.74. The predicted octanol–water partition coefficient (Wildman–Crippen LogP) is 4.26. The Morgan fingerprint density at radius 3 is 2.47 bits per heavy atom. The molecular weight excluding hydrogens is 427 g/mol. The molecule has 2 rings (SSSR count). The summed E-state index contributed by atoms with van der Waals surface area (Å²) in [5.41, 5.74) is 2.25. The number of benzene rings is 2. The molecule has 0 aliphatic rings. The lowest BCUT2D eigenvalue weighted by atomic mass is 10.1. The third-order valence-corrected chi connectivity index (χ3v) is 5.03. The first-order valence-corrected chi connectivity index (χ1v) is 10.3. The second-order valence-corrected chi connectivity index (χ2v) is 7.58. The number of rotatable bonds is 9. The SMILES string of the molecule is CCCN(CC(=O)Nc1ccccc1C)C(=O)COC(=O)Cc1ccc(Cl)c(Cl)c1. The van der Waals surface area contributed by atoms with Crippen LogP contribution in [-0.2, 0) is 25.5 Å². The summed E-state index contributed by atoms with van der Waals surface area (Å²) >= 11 is 11.8. The zero-order chi connectivity index (χ0) is 22.1. The molecule has 30 heavy (non-hydrogen) atoms. The van der Waals surface area contributed by atoms with Gasteiger partial charge in [0, 0.05) is 12.2 Å². The van der Waals surface area contributed by atoms with Gasteiger partial charge in [-0.3, -0.25) is 14.4 Å². The standard InChI is InChI=1S/C22H24Cl2N2O4/c1-3-10-26(13-20(27)25-19-7-5-4-6-15(19)2)21(28)14-30-22(29)12-16-8-9-17(23)18(24)11-16/h4-9,11H,3,10,12-14H2,1-2H3,(H,25,27). The van der Waals surface area contributed by atoms with E-state index in [1.165, 1.54) is 4.90 Å². The molecule has 0 heterocycles. The van der Waals surface area contributed by atoms with Gasteiger partial charge in [-0.2, -0.15) is 0 Å². The fourth-order valence-corrected chi connectivity index (χ4v) is 3.06. The Kier molecular flexibility index (Phi) is 9.15. The molecule has 0 saturated carbocycles. The van der Waals surface area contributed by atoms with Crippen LogP contribution in [0.4, 0.5) is 5.69 Å². The summed E-state index contributed by atoms with van der Waals surface area (Å²) in [4.78, 5) is 38.3. The van der Waals surface area contributed by atoms with Crippen LogP contribution in [0.1, 0.15) is 24.5 Å². The molecule has 8 heteroatoms. The first-order chi connectivity index (χ1) is 14.3. The number of aryl methyl sites for hydroxylation is 1. The van der Waals surface area contributed by atoms with Crippen molar-refractivity contribution >= 4 is 46.7 Å². The predicted molar refractivity (Wildman–Crippen MR) is 118 cm³/mol. The van der Waals surface area contributed by atoms with E-state index < -0.39 is 18.5 Å². The van der Waals surface area contributed by atoms with Gasteiger partial charge in [-0.15, -0.1) is 0 Å². The molecule has 0 aliphatic carbocycles. The summed E-state index contributed by atoms with van der Waals surface area (Å²) in [5, 5.41) is 3.53. The summed E-state index contributed by atoms with van der Waals surface area (Å²) in [7, 11) is 0.